The average Bonchev–Trinajstić information content (AvgIpc) is 3.01. The van der Waals surface area contributed by atoms with Crippen molar-refractivity contribution >= 4 is 11.3 Å². The molecule has 2 unspecified atom stereocenters. The minimum absolute atomic E-state index is 0.0617. The molecule has 3 rings (SSSR count). The van der Waals surface area contributed by atoms with Gasteiger partial charge in [-0.2, -0.15) is 0 Å². The van der Waals surface area contributed by atoms with E-state index < -0.39 is 0 Å². The lowest BCUT2D eigenvalue weighted by Crippen LogP contribution is -2.21. The minimum atomic E-state index is -0.277. The van der Waals surface area contributed by atoms with Crippen LogP contribution in [0.5, 0.6) is 0 Å². The largest absolute Gasteiger partial charge is 0.393 e. The van der Waals surface area contributed by atoms with E-state index in [4.69, 9.17) is 4.74 Å². The molecule has 21 heavy (non-hydrogen) atoms. The lowest BCUT2D eigenvalue weighted by molar-refractivity contribution is 0.00217. The van der Waals surface area contributed by atoms with Crippen molar-refractivity contribution in [3.63, 3.8) is 0 Å². The highest BCUT2D eigenvalue weighted by Gasteiger charge is 2.22. The first-order chi connectivity index (χ1) is 10.3. The molecule has 1 aliphatic heterocycles. The zero-order chi connectivity index (χ0) is 14.5. The van der Waals surface area contributed by atoms with Gasteiger partial charge in [0.15, 0.2) is 0 Å². The predicted octanol–water partition coefficient (Wildman–Crippen LogP) is 4.14. The van der Waals surface area contributed by atoms with Crippen molar-refractivity contribution in [3.05, 3.63) is 57.8 Å². The number of benzene rings is 1. The third-order valence-corrected chi connectivity index (χ3v) is 5.06. The normalized spacial score (nSPS) is 19.2. The number of rotatable bonds is 6. The SMILES string of the molecule is OC(CCCc1cccs1)CC1OCCc2ccccc21. The molecule has 0 saturated carbocycles. The average molecular weight is 302 g/mol. The summed E-state index contributed by atoms with van der Waals surface area (Å²) < 4.78 is 5.87. The predicted molar refractivity (Wildman–Crippen MR) is 86.7 cm³/mol. The van der Waals surface area contributed by atoms with Gasteiger partial charge in [-0.15, -0.1) is 11.3 Å². The first kappa shape index (κ1) is 14.8. The standard InChI is InChI=1S/C18H22O2S/c19-15(6-3-7-16-8-4-12-21-16)13-18-17-9-2-1-5-14(17)10-11-20-18/h1-2,4-5,8-9,12,15,18-19H,3,6-7,10-11,13H2. The molecule has 1 aliphatic rings. The fourth-order valence-electron chi connectivity index (χ4n) is 3.00. The van der Waals surface area contributed by atoms with Crippen LogP contribution >= 0.6 is 11.3 Å². The molecule has 1 aromatic heterocycles. The fraction of sp³-hybridized carbons (Fsp3) is 0.444. The maximum absolute atomic E-state index is 10.3. The Labute approximate surface area is 130 Å². The Bertz CT molecular complexity index is 550. The maximum atomic E-state index is 10.3. The number of fused-ring (bicyclic) bond motifs is 1. The summed E-state index contributed by atoms with van der Waals surface area (Å²) in [5.41, 5.74) is 2.64. The van der Waals surface area contributed by atoms with Gasteiger partial charge in [0.05, 0.1) is 18.8 Å². The quantitative estimate of drug-likeness (QED) is 0.869. The molecule has 2 nitrogen and oxygen atoms in total. The van der Waals surface area contributed by atoms with E-state index in [0.29, 0.717) is 6.42 Å². The van der Waals surface area contributed by atoms with Crippen molar-refractivity contribution in [2.24, 2.45) is 0 Å². The van der Waals surface area contributed by atoms with Crippen LogP contribution in [0.15, 0.2) is 41.8 Å². The number of ether oxygens (including phenoxy) is 1. The fourth-order valence-corrected chi connectivity index (χ4v) is 3.75. The molecule has 0 amide bonds. The molecule has 2 aromatic rings. The van der Waals surface area contributed by atoms with Gasteiger partial charge in [0, 0.05) is 11.3 Å². The van der Waals surface area contributed by atoms with Crippen LogP contribution in [0, 0.1) is 0 Å². The van der Waals surface area contributed by atoms with E-state index in [9.17, 15) is 5.11 Å². The summed E-state index contributed by atoms with van der Waals surface area (Å²) in [5, 5.41) is 12.4. The van der Waals surface area contributed by atoms with E-state index in [2.05, 4.69) is 41.8 Å². The first-order valence-electron chi connectivity index (χ1n) is 7.73. The maximum Gasteiger partial charge on any atom is 0.0852 e. The van der Waals surface area contributed by atoms with Crippen LogP contribution in [0.1, 0.15) is 41.4 Å². The highest BCUT2D eigenvalue weighted by Crippen LogP contribution is 2.31. The molecule has 0 fully saturated rings. The Hall–Kier alpha value is -1.16. The van der Waals surface area contributed by atoms with Crippen LogP contribution in [0.2, 0.25) is 0 Å². The molecule has 1 aromatic carbocycles. The molecule has 1 N–H and O–H groups in total. The van der Waals surface area contributed by atoms with E-state index in [1.165, 1.54) is 16.0 Å². The second-order valence-electron chi connectivity index (χ2n) is 5.67. The van der Waals surface area contributed by atoms with Crippen molar-refractivity contribution in [1.82, 2.24) is 0 Å². The number of aryl methyl sites for hydroxylation is 1. The van der Waals surface area contributed by atoms with Crippen LogP contribution < -0.4 is 0 Å². The molecule has 2 atom stereocenters. The lowest BCUT2D eigenvalue weighted by Gasteiger charge is -2.27. The number of aliphatic hydroxyl groups is 1. The molecule has 2 heterocycles. The Morgan fingerprint density at radius 2 is 2.14 bits per heavy atom. The Balaban J connectivity index is 1.50. The van der Waals surface area contributed by atoms with Crippen molar-refractivity contribution < 1.29 is 9.84 Å². The van der Waals surface area contributed by atoms with Gasteiger partial charge in [0.1, 0.15) is 0 Å². The molecule has 0 saturated heterocycles. The van der Waals surface area contributed by atoms with Gasteiger partial charge < -0.3 is 9.84 Å². The molecule has 0 aliphatic carbocycles. The summed E-state index contributed by atoms with van der Waals surface area (Å²) >= 11 is 1.79. The Morgan fingerprint density at radius 3 is 3.00 bits per heavy atom. The summed E-state index contributed by atoms with van der Waals surface area (Å²) in [4.78, 5) is 1.40. The van der Waals surface area contributed by atoms with Crippen molar-refractivity contribution in [3.8, 4) is 0 Å². The molecule has 0 radical (unpaired) electrons. The van der Waals surface area contributed by atoms with Crippen molar-refractivity contribution in [1.29, 1.82) is 0 Å². The number of hydrogen-bond donors (Lipinski definition) is 1. The number of thiophene rings is 1. The van der Waals surface area contributed by atoms with Crippen molar-refractivity contribution in [2.45, 2.75) is 44.3 Å². The smallest absolute Gasteiger partial charge is 0.0852 e. The third kappa shape index (κ3) is 3.94. The molecule has 0 bridgehead atoms. The first-order valence-corrected chi connectivity index (χ1v) is 8.61. The van der Waals surface area contributed by atoms with Crippen molar-refractivity contribution in [2.75, 3.05) is 6.61 Å². The Kier molecular flexibility index (Phi) is 5.07. The monoisotopic (exact) mass is 302 g/mol. The summed E-state index contributed by atoms with van der Waals surface area (Å²) in [7, 11) is 0. The van der Waals surface area contributed by atoms with Crippen LogP contribution in [0.4, 0.5) is 0 Å². The van der Waals surface area contributed by atoms with Gasteiger partial charge in [-0.1, -0.05) is 30.3 Å². The van der Waals surface area contributed by atoms with Gasteiger partial charge in [-0.25, -0.2) is 0 Å². The van der Waals surface area contributed by atoms with E-state index in [1.54, 1.807) is 11.3 Å². The summed E-state index contributed by atoms with van der Waals surface area (Å²) in [6.45, 7) is 0.767. The molecule has 112 valence electrons. The van der Waals surface area contributed by atoms with Gasteiger partial charge >= 0.3 is 0 Å². The van der Waals surface area contributed by atoms with Crippen LogP contribution in [-0.2, 0) is 17.6 Å². The second kappa shape index (κ2) is 7.21. The summed E-state index contributed by atoms with van der Waals surface area (Å²) in [6, 6.07) is 12.7. The third-order valence-electron chi connectivity index (χ3n) is 4.12. The van der Waals surface area contributed by atoms with E-state index in [-0.39, 0.29) is 12.2 Å². The van der Waals surface area contributed by atoms with Gasteiger partial charge in [-0.05, 0) is 48.3 Å². The topological polar surface area (TPSA) is 29.5 Å². The van der Waals surface area contributed by atoms with Gasteiger partial charge in [0.2, 0.25) is 0 Å². The number of hydrogen-bond acceptors (Lipinski definition) is 3. The van der Waals surface area contributed by atoms with E-state index >= 15 is 0 Å². The minimum Gasteiger partial charge on any atom is -0.393 e. The molecule has 3 heteroatoms. The van der Waals surface area contributed by atoms with E-state index in [0.717, 1.165) is 32.3 Å². The molecule has 0 spiro atoms. The van der Waals surface area contributed by atoms with Crippen LogP contribution in [0.25, 0.3) is 0 Å². The summed E-state index contributed by atoms with van der Waals surface area (Å²) in [5.74, 6) is 0. The second-order valence-corrected chi connectivity index (χ2v) is 6.70. The van der Waals surface area contributed by atoms with Gasteiger partial charge in [-0.3, -0.25) is 0 Å². The lowest BCUT2D eigenvalue weighted by atomic mass is 9.93. The zero-order valence-electron chi connectivity index (χ0n) is 12.2. The summed E-state index contributed by atoms with van der Waals surface area (Å²) in [6.07, 6.45) is 4.43. The number of aliphatic hydroxyl groups excluding tert-OH is 1. The highest BCUT2D eigenvalue weighted by molar-refractivity contribution is 7.09. The zero-order valence-corrected chi connectivity index (χ0v) is 13.0. The van der Waals surface area contributed by atoms with E-state index in [1.807, 2.05) is 0 Å². The molecular weight excluding hydrogens is 280 g/mol. The highest BCUT2D eigenvalue weighted by atomic mass is 32.1. The van der Waals surface area contributed by atoms with Gasteiger partial charge in [0.25, 0.3) is 0 Å². The molecular formula is C18H22O2S. The Morgan fingerprint density at radius 1 is 1.24 bits per heavy atom. The van der Waals surface area contributed by atoms with Crippen LogP contribution in [0.3, 0.4) is 0 Å². The van der Waals surface area contributed by atoms with Crippen LogP contribution in [-0.4, -0.2) is 17.8 Å².